The van der Waals surface area contributed by atoms with Crippen LogP contribution in [0.2, 0.25) is 0 Å². The summed E-state index contributed by atoms with van der Waals surface area (Å²) in [7, 11) is 0. The summed E-state index contributed by atoms with van der Waals surface area (Å²) in [6.45, 7) is 7.07. The molecule has 1 atom stereocenters. The third kappa shape index (κ3) is 2.48. The van der Waals surface area contributed by atoms with Gasteiger partial charge in [-0.15, -0.1) is 0 Å². The molecule has 1 aliphatic rings. The van der Waals surface area contributed by atoms with Crippen molar-refractivity contribution in [3.63, 3.8) is 0 Å². The molecule has 0 bridgehead atoms. The van der Waals surface area contributed by atoms with Crippen molar-refractivity contribution in [1.29, 1.82) is 0 Å². The van der Waals surface area contributed by atoms with Crippen LogP contribution in [0.15, 0.2) is 0 Å². The van der Waals surface area contributed by atoms with Gasteiger partial charge in [0.25, 0.3) is 0 Å². The van der Waals surface area contributed by atoms with Crippen LogP contribution >= 0.6 is 0 Å². The van der Waals surface area contributed by atoms with E-state index in [1.165, 1.54) is 38.8 Å². The first-order valence-electron chi connectivity index (χ1n) is 4.92. The summed E-state index contributed by atoms with van der Waals surface area (Å²) in [6.07, 6.45) is 7.87. The molecular formula is C10H20N. The predicted octanol–water partition coefficient (Wildman–Crippen LogP) is 2.48. The zero-order chi connectivity index (χ0) is 8.10. The molecule has 1 aliphatic heterocycles. The third-order valence-electron chi connectivity index (χ3n) is 2.56. The molecule has 0 spiro atoms. The SMILES string of the molecule is C[CH]C1CCCCN1CCC. The molecule has 0 amide bonds. The second kappa shape index (κ2) is 4.76. The fourth-order valence-electron chi connectivity index (χ4n) is 1.96. The van der Waals surface area contributed by atoms with E-state index < -0.39 is 0 Å². The lowest BCUT2D eigenvalue weighted by Gasteiger charge is -2.34. The molecule has 0 aromatic heterocycles. The Kier molecular flexibility index (Phi) is 3.92. The molecule has 1 heteroatoms. The first-order valence-corrected chi connectivity index (χ1v) is 4.92. The van der Waals surface area contributed by atoms with Crippen molar-refractivity contribution >= 4 is 0 Å². The van der Waals surface area contributed by atoms with Crippen molar-refractivity contribution in [3.8, 4) is 0 Å². The summed E-state index contributed by atoms with van der Waals surface area (Å²) in [5.41, 5.74) is 0. The molecule has 0 aliphatic carbocycles. The van der Waals surface area contributed by atoms with Crippen molar-refractivity contribution in [2.24, 2.45) is 0 Å². The van der Waals surface area contributed by atoms with E-state index >= 15 is 0 Å². The van der Waals surface area contributed by atoms with Gasteiger partial charge < -0.3 is 4.90 Å². The Morgan fingerprint density at radius 3 is 2.91 bits per heavy atom. The monoisotopic (exact) mass is 154 g/mol. The van der Waals surface area contributed by atoms with Crippen LogP contribution in [0.1, 0.15) is 39.5 Å². The van der Waals surface area contributed by atoms with Crippen molar-refractivity contribution in [2.75, 3.05) is 13.1 Å². The summed E-state index contributed by atoms with van der Waals surface area (Å²) in [6, 6.07) is 0.781. The maximum Gasteiger partial charge on any atom is 0.0124 e. The largest absolute Gasteiger partial charge is 0.300 e. The Balaban J connectivity index is 2.31. The van der Waals surface area contributed by atoms with Crippen LogP contribution in [0.5, 0.6) is 0 Å². The van der Waals surface area contributed by atoms with Crippen LogP contribution < -0.4 is 0 Å². The highest BCUT2D eigenvalue weighted by molar-refractivity contribution is 4.84. The number of likely N-dealkylation sites (tertiary alicyclic amines) is 1. The van der Waals surface area contributed by atoms with E-state index in [9.17, 15) is 0 Å². The maximum absolute atomic E-state index is 2.61. The van der Waals surface area contributed by atoms with Crippen LogP contribution in [0.25, 0.3) is 0 Å². The number of hydrogen-bond acceptors (Lipinski definition) is 1. The standard InChI is InChI=1S/C10H20N/c1-3-8-11-9-6-5-7-10(11)4-2/h4,10H,3,5-9H2,1-2H3. The van der Waals surface area contributed by atoms with E-state index in [0.717, 1.165) is 6.04 Å². The van der Waals surface area contributed by atoms with Gasteiger partial charge in [-0.3, -0.25) is 0 Å². The van der Waals surface area contributed by atoms with Crippen LogP contribution in [0, 0.1) is 6.42 Å². The molecule has 0 aromatic rings. The highest BCUT2D eigenvalue weighted by atomic mass is 15.2. The minimum atomic E-state index is 0.781. The highest BCUT2D eigenvalue weighted by Crippen LogP contribution is 2.18. The lowest BCUT2D eigenvalue weighted by Crippen LogP contribution is -2.39. The first kappa shape index (κ1) is 9.05. The van der Waals surface area contributed by atoms with Gasteiger partial charge in [-0.05, 0) is 38.8 Å². The molecule has 1 heterocycles. The number of nitrogens with zero attached hydrogens (tertiary/aromatic N) is 1. The predicted molar refractivity (Wildman–Crippen MR) is 49.5 cm³/mol. The minimum Gasteiger partial charge on any atom is -0.300 e. The lowest BCUT2D eigenvalue weighted by atomic mass is 10.00. The topological polar surface area (TPSA) is 3.24 Å². The normalized spacial score (nSPS) is 27.3. The van der Waals surface area contributed by atoms with Crippen LogP contribution in [-0.4, -0.2) is 24.0 Å². The highest BCUT2D eigenvalue weighted by Gasteiger charge is 2.19. The molecule has 0 saturated carbocycles. The van der Waals surface area contributed by atoms with Gasteiger partial charge in [-0.1, -0.05) is 20.3 Å². The molecule has 1 nitrogen and oxygen atoms in total. The summed E-state index contributed by atoms with van der Waals surface area (Å²) in [4.78, 5) is 2.61. The first-order chi connectivity index (χ1) is 5.38. The summed E-state index contributed by atoms with van der Waals surface area (Å²) in [5.74, 6) is 0. The minimum absolute atomic E-state index is 0.781. The molecule has 1 rings (SSSR count). The average Bonchev–Trinajstić information content (AvgIpc) is 2.06. The van der Waals surface area contributed by atoms with Crippen LogP contribution in [-0.2, 0) is 0 Å². The van der Waals surface area contributed by atoms with Crippen molar-refractivity contribution in [3.05, 3.63) is 6.42 Å². The van der Waals surface area contributed by atoms with Crippen molar-refractivity contribution in [1.82, 2.24) is 4.90 Å². The summed E-state index contributed by atoms with van der Waals surface area (Å²) in [5, 5.41) is 0. The molecule has 1 unspecified atom stereocenters. The van der Waals surface area contributed by atoms with Gasteiger partial charge in [-0.25, -0.2) is 0 Å². The molecule has 1 fully saturated rings. The lowest BCUT2D eigenvalue weighted by molar-refractivity contribution is 0.170. The van der Waals surface area contributed by atoms with E-state index in [0.29, 0.717) is 0 Å². The Morgan fingerprint density at radius 2 is 2.27 bits per heavy atom. The van der Waals surface area contributed by atoms with Gasteiger partial charge in [0.15, 0.2) is 0 Å². The van der Waals surface area contributed by atoms with Gasteiger partial charge in [-0.2, -0.15) is 0 Å². The third-order valence-corrected chi connectivity index (χ3v) is 2.56. The second-order valence-corrected chi connectivity index (χ2v) is 3.43. The molecule has 1 saturated heterocycles. The Bertz CT molecular complexity index is 99.0. The molecule has 65 valence electrons. The Hall–Kier alpha value is -0.0400. The number of hydrogen-bond donors (Lipinski definition) is 0. The molecule has 1 radical (unpaired) electrons. The Morgan fingerprint density at radius 1 is 1.45 bits per heavy atom. The number of piperidine rings is 1. The Labute approximate surface area is 70.8 Å². The molecule has 0 N–H and O–H groups in total. The molecular weight excluding hydrogens is 134 g/mol. The van der Waals surface area contributed by atoms with Gasteiger partial charge >= 0.3 is 0 Å². The van der Waals surface area contributed by atoms with E-state index in [1.54, 1.807) is 0 Å². The zero-order valence-electron chi connectivity index (χ0n) is 7.84. The van der Waals surface area contributed by atoms with Gasteiger partial charge in [0.2, 0.25) is 0 Å². The van der Waals surface area contributed by atoms with Gasteiger partial charge in [0, 0.05) is 6.04 Å². The molecule has 11 heavy (non-hydrogen) atoms. The number of rotatable bonds is 3. The average molecular weight is 154 g/mol. The maximum atomic E-state index is 2.61. The van der Waals surface area contributed by atoms with E-state index in [-0.39, 0.29) is 0 Å². The van der Waals surface area contributed by atoms with Gasteiger partial charge in [0.05, 0.1) is 0 Å². The van der Waals surface area contributed by atoms with Crippen molar-refractivity contribution in [2.45, 2.75) is 45.6 Å². The quantitative estimate of drug-likeness (QED) is 0.603. The zero-order valence-corrected chi connectivity index (χ0v) is 7.84. The molecule has 0 aromatic carbocycles. The van der Waals surface area contributed by atoms with Gasteiger partial charge in [0.1, 0.15) is 0 Å². The second-order valence-electron chi connectivity index (χ2n) is 3.43. The fraction of sp³-hybridized carbons (Fsp3) is 0.900. The van der Waals surface area contributed by atoms with E-state index in [4.69, 9.17) is 0 Å². The fourth-order valence-corrected chi connectivity index (χ4v) is 1.96. The van der Waals surface area contributed by atoms with Crippen LogP contribution in [0.4, 0.5) is 0 Å². The van der Waals surface area contributed by atoms with E-state index in [2.05, 4.69) is 25.2 Å². The van der Waals surface area contributed by atoms with Crippen LogP contribution in [0.3, 0.4) is 0 Å². The van der Waals surface area contributed by atoms with Crippen molar-refractivity contribution < 1.29 is 0 Å². The van der Waals surface area contributed by atoms with E-state index in [1.807, 2.05) is 0 Å². The summed E-state index contributed by atoms with van der Waals surface area (Å²) >= 11 is 0. The smallest absolute Gasteiger partial charge is 0.0124 e. The summed E-state index contributed by atoms with van der Waals surface area (Å²) < 4.78 is 0.